The highest BCUT2D eigenvalue weighted by Gasteiger charge is 2.21. The van der Waals surface area contributed by atoms with Crippen LogP contribution in [0.2, 0.25) is 45.2 Å². The quantitative estimate of drug-likeness (QED) is 0.0262. The first-order chi connectivity index (χ1) is 63.4. The van der Waals surface area contributed by atoms with Gasteiger partial charge in [-0.15, -0.1) is 0 Å². The zero-order valence-electron chi connectivity index (χ0n) is 74.9. The summed E-state index contributed by atoms with van der Waals surface area (Å²) >= 11 is 53.5. The molecule has 0 bridgehead atoms. The number of aliphatic hydroxyl groups excluding tert-OH is 1. The van der Waals surface area contributed by atoms with Gasteiger partial charge in [-0.3, -0.25) is 42.9 Å². The predicted octanol–water partition coefficient (Wildman–Crippen LogP) is 27.8. The van der Waals surface area contributed by atoms with E-state index < -0.39 is 22.1 Å². The van der Waals surface area contributed by atoms with Crippen LogP contribution in [0.5, 0.6) is 0 Å². The summed E-state index contributed by atoms with van der Waals surface area (Å²) in [7, 11) is -0.652. The number of nitrogens with zero attached hydrogens (tertiary/aromatic N) is 3. The molecule has 0 spiro atoms. The molecule has 7 unspecified atom stereocenters. The molecule has 0 radical (unpaired) electrons. The van der Waals surface area contributed by atoms with Gasteiger partial charge in [-0.25, -0.2) is 0 Å². The van der Waals surface area contributed by atoms with Gasteiger partial charge in [-0.1, -0.05) is 346 Å². The van der Waals surface area contributed by atoms with Crippen molar-refractivity contribution in [3.05, 3.63) is 387 Å². The summed E-state index contributed by atoms with van der Waals surface area (Å²) in [6, 6.07) is 88.2. The maximum atomic E-state index is 12.3. The van der Waals surface area contributed by atoms with Gasteiger partial charge in [0.1, 0.15) is 0 Å². The van der Waals surface area contributed by atoms with Gasteiger partial charge in [0.2, 0.25) is 11.8 Å². The number of anilines is 2. The molecule has 0 saturated heterocycles. The molecule has 11 aromatic carbocycles. The molecular weight excluding hydrogens is 1890 g/mol. The minimum Gasteiger partial charge on any atom is -0.481 e. The summed E-state index contributed by atoms with van der Waals surface area (Å²) in [5.41, 5.74) is 11.3. The summed E-state index contributed by atoms with van der Waals surface area (Å²) in [6.45, 7) is 13.7. The highest BCUT2D eigenvalue weighted by Crippen LogP contribution is 2.33. The normalized spacial score (nSPS) is 12.0. The number of hydrogen-bond donors (Lipinski definition) is 5. The average Bonchev–Trinajstić information content (AvgIpc) is 0.835. The Morgan fingerprint density at radius 2 is 0.684 bits per heavy atom. The number of carboxylic acids is 2. The topological polar surface area (TPSA) is 299 Å². The largest absolute Gasteiger partial charge is 0.481 e. The number of pyridine rings is 2. The highest BCUT2D eigenvalue weighted by molar-refractivity contribution is 7.86. The number of esters is 2. The number of methoxy groups -OCH3 is 2. The van der Waals surface area contributed by atoms with E-state index in [1.165, 1.54) is 14.2 Å². The summed E-state index contributed by atoms with van der Waals surface area (Å²) in [6.07, 6.45) is 5.99. The molecule has 0 saturated carbocycles. The highest BCUT2D eigenvalue weighted by atomic mass is 35.5. The van der Waals surface area contributed by atoms with Crippen molar-refractivity contribution < 1.29 is 66.2 Å². The Kier molecular flexibility index (Phi) is 51.0. The molecule has 2 amide bonds. The number of hydrogen-bond acceptors (Lipinski definition) is 15. The van der Waals surface area contributed by atoms with E-state index >= 15 is 0 Å². The Balaban J connectivity index is 0.000000269. The lowest BCUT2D eigenvalue weighted by Gasteiger charge is -2.13. The molecule has 13 rings (SSSR count). The molecule has 700 valence electrons. The van der Waals surface area contributed by atoms with E-state index in [2.05, 4.69) is 36.1 Å². The number of rotatable bonds is 25. The minimum absolute atomic E-state index is 0.0142. The number of aromatic nitrogens is 2. The van der Waals surface area contributed by atoms with Crippen molar-refractivity contribution in [2.75, 3.05) is 44.3 Å². The Bertz CT molecular complexity index is 5930. The second kappa shape index (κ2) is 60.3. The van der Waals surface area contributed by atoms with Gasteiger partial charge in [0.25, 0.3) is 10.1 Å². The molecule has 0 aliphatic rings. The van der Waals surface area contributed by atoms with Crippen molar-refractivity contribution in [1.29, 1.82) is 5.26 Å². The average molecular weight is 2000 g/mol. The Labute approximate surface area is 823 Å². The van der Waals surface area contributed by atoms with Gasteiger partial charge in [0.05, 0.1) is 93.1 Å². The Morgan fingerprint density at radius 3 is 1.00 bits per heavy atom. The number of carbonyl (C=O) groups excluding carboxylic acids is 4. The van der Waals surface area contributed by atoms with E-state index in [-0.39, 0.29) is 97.7 Å². The molecule has 29 heteroatoms. The van der Waals surface area contributed by atoms with Crippen molar-refractivity contribution in [3.8, 4) is 6.07 Å². The van der Waals surface area contributed by atoms with Crippen molar-refractivity contribution in [2.24, 2.45) is 0 Å². The zero-order valence-corrected chi connectivity index (χ0v) is 82.5. The van der Waals surface area contributed by atoms with Crippen LogP contribution >= 0.6 is 104 Å². The maximum Gasteiger partial charge on any atom is 0.312 e. The molecule has 13 aromatic rings. The second-order valence-electron chi connectivity index (χ2n) is 30.3. The Morgan fingerprint density at radius 1 is 0.383 bits per heavy atom. The first-order valence-electron chi connectivity index (χ1n) is 41.8. The minimum atomic E-state index is -3.38. The molecular formula is C104H106Cl9N5O14S. The number of nitrogens with one attached hydrogen (secondary N) is 2. The van der Waals surface area contributed by atoms with Gasteiger partial charge in [-0.2, -0.15) is 13.7 Å². The number of para-hydroxylation sites is 2. The zero-order chi connectivity index (χ0) is 98.1. The summed E-state index contributed by atoms with van der Waals surface area (Å²) < 4.78 is 35.4. The summed E-state index contributed by atoms with van der Waals surface area (Å²) in [5, 5.41) is 48.0. The molecule has 0 fully saturated rings. The lowest BCUT2D eigenvalue weighted by atomic mass is 9.97. The van der Waals surface area contributed by atoms with Gasteiger partial charge in [0.15, 0.2) is 0 Å². The first kappa shape index (κ1) is 113. The number of carbonyl (C=O) groups is 6. The number of nitriles is 1. The van der Waals surface area contributed by atoms with E-state index in [1.807, 2.05) is 266 Å². The van der Waals surface area contributed by atoms with Crippen molar-refractivity contribution >= 4 is 183 Å². The molecule has 7 atom stereocenters. The Hall–Kier alpha value is -11.0. The molecule has 19 nitrogen and oxygen atoms in total. The number of carboxylic acid groups (broad SMARTS) is 2. The fraction of sp³-hybridized carbons (Fsp3) is 0.240. The number of amides is 2. The molecule has 0 aliphatic heterocycles. The van der Waals surface area contributed by atoms with Gasteiger partial charge >= 0.3 is 23.9 Å². The standard InChI is InChI=1S/2C19H17ClN2O.C10H10ClN.C10H13ClO3S.2C10H11ClO2.C9H9ClO2.C9H11ClO.C8H7ClO2/c2*1-13(16-7-3-4-8-17(16)20)10-19(23)22-15-11-14-6-2-5-9-18(14)21-12-15;1-8(6-7-12)9-4-2-3-5-10(9)11;1-8(7-14-15(2,12)13)9-5-3-4-6-10(9)11;1-7(10(12)13-2)8-5-3-4-6-9(8)11;1-7(6-10(12)13)8-4-2-3-5-9(8)11;1-12-9(11)6-7-4-2-3-5-8(7)10;1-7(6-11)8-4-2-3-5-9(8)10;9-7-4-2-1-3-6(7)5-8(10)11/h2*2-9,11-13H,10H2,1H3,(H,22,23);2-5,8H,6H2,1H3;3-6,8H,7H2,1-2H3;3-7H,1-2H3;2-5,7H,6H2,1H3,(H,12,13);2-5H,6H2,1H3;2-5,7,11H,6H2,1H3;1-4H,5H2,(H,10,11). The fourth-order valence-corrected chi connectivity index (χ4v) is 15.7. The number of aliphatic carboxylic acids is 2. The molecule has 133 heavy (non-hydrogen) atoms. The smallest absolute Gasteiger partial charge is 0.312 e. The van der Waals surface area contributed by atoms with Crippen LogP contribution in [0.1, 0.15) is 166 Å². The van der Waals surface area contributed by atoms with Crippen LogP contribution < -0.4 is 10.6 Å². The van der Waals surface area contributed by atoms with Crippen LogP contribution in [0.3, 0.4) is 0 Å². The maximum absolute atomic E-state index is 12.3. The van der Waals surface area contributed by atoms with Crippen molar-refractivity contribution in [3.63, 3.8) is 0 Å². The SMILES string of the molecule is CC(CC#N)c1ccccc1Cl.CC(CC(=O)Nc1cnc2ccccc2c1)c1ccccc1Cl.CC(CC(=O)Nc1cnc2ccccc2c1)c1ccccc1Cl.CC(CC(=O)O)c1ccccc1Cl.CC(CO)c1ccccc1Cl.CC(COS(C)(=O)=O)c1ccccc1Cl.COC(=O)C(C)c1ccccc1Cl.COC(=O)Cc1ccccc1Cl.O=C(O)Cc1ccccc1Cl. The predicted molar refractivity (Wildman–Crippen MR) is 541 cm³/mol. The van der Waals surface area contributed by atoms with Crippen LogP contribution in [0.15, 0.2) is 291 Å². The number of aliphatic hydroxyl groups is 1. The number of ether oxygens (including phenoxy) is 2. The third kappa shape index (κ3) is 41.6. The van der Waals surface area contributed by atoms with Crippen LogP contribution in [-0.4, -0.2) is 103 Å². The van der Waals surface area contributed by atoms with Crippen LogP contribution in [0.25, 0.3) is 21.8 Å². The number of benzene rings is 11. The van der Waals surface area contributed by atoms with Gasteiger partial charge < -0.3 is 35.4 Å². The summed E-state index contributed by atoms with van der Waals surface area (Å²) in [5.74, 6) is -2.23. The van der Waals surface area contributed by atoms with E-state index in [0.29, 0.717) is 71.4 Å². The van der Waals surface area contributed by atoms with Crippen LogP contribution in [0, 0.1) is 11.3 Å². The van der Waals surface area contributed by atoms with E-state index in [9.17, 15) is 37.2 Å². The second-order valence-corrected chi connectivity index (χ2v) is 35.6. The van der Waals surface area contributed by atoms with Crippen LogP contribution in [-0.2, 0) is 65.4 Å². The van der Waals surface area contributed by atoms with E-state index in [4.69, 9.17) is 129 Å². The van der Waals surface area contributed by atoms with Crippen molar-refractivity contribution in [2.45, 2.75) is 128 Å². The summed E-state index contributed by atoms with van der Waals surface area (Å²) in [4.78, 5) is 76.0. The first-order valence-corrected chi connectivity index (χ1v) is 47.0. The van der Waals surface area contributed by atoms with E-state index in [1.54, 1.807) is 73.9 Å². The van der Waals surface area contributed by atoms with Gasteiger partial charge in [0, 0.05) is 93.7 Å². The van der Waals surface area contributed by atoms with Crippen LogP contribution in [0.4, 0.5) is 11.4 Å². The lowest BCUT2D eigenvalue weighted by molar-refractivity contribution is -0.142. The monoisotopic (exact) mass is 2000 g/mol. The molecule has 0 aliphatic carbocycles. The third-order valence-electron chi connectivity index (χ3n) is 19.8. The lowest BCUT2D eigenvalue weighted by Crippen LogP contribution is -2.14. The van der Waals surface area contributed by atoms with Gasteiger partial charge in [-0.05, 0) is 160 Å². The molecule has 2 heterocycles. The third-order valence-corrected chi connectivity index (χ3v) is 23.5. The van der Waals surface area contributed by atoms with Crippen molar-refractivity contribution in [1.82, 2.24) is 9.97 Å². The van der Waals surface area contributed by atoms with E-state index in [0.717, 1.165) is 82.6 Å². The number of halogens is 9. The number of fused-ring (bicyclic) bond motifs is 2. The molecule has 2 aromatic heterocycles. The fourth-order valence-electron chi connectivity index (χ4n) is 12.6. The molecule has 5 N–H and O–H groups in total.